The van der Waals surface area contributed by atoms with E-state index in [1.807, 2.05) is 30.3 Å². The molecule has 3 heteroatoms. The summed E-state index contributed by atoms with van der Waals surface area (Å²) in [6, 6.07) is 9.55. The van der Waals surface area contributed by atoms with Crippen LogP contribution in [0.5, 0.6) is 0 Å². The minimum Gasteiger partial charge on any atom is -0.465 e. The average molecular weight is 293 g/mol. The molecule has 22 heavy (non-hydrogen) atoms. The lowest BCUT2D eigenvalue weighted by molar-refractivity contribution is 0.0600. The van der Waals surface area contributed by atoms with Crippen molar-refractivity contribution in [3.05, 3.63) is 41.6 Å². The van der Waals surface area contributed by atoms with Gasteiger partial charge in [0.15, 0.2) is 0 Å². The van der Waals surface area contributed by atoms with Crippen molar-refractivity contribution in [1.29, 1.82) is 0 Å². The Kier molecular flexibility index (Phi) is 4.39. The predicted octanol–water partition coefficient (Wildman–Crippen LogP) is 3.95. The van der Waals surface area contributed by atoms with Crippen molar-refractivity contribution in [2.45, 2.75) is 32.1 Å². The van der Waals surface area contributed by atoms with E-state index in [1.54, 1.807) is 0 Å². The zero-order valence-corrected chi connectivity index (χ0v) is 12.8. The number of carbonyl (C=O) groups excluding carboxylic acids is 1. The Morgan fingerprint density at radius 3 is 2.77 bits per heavy atom. The summed E-state index contributed by atoms with van der Waals surface area (Å²) in [6.07, 6.45) is 6.09. The van der Waals surface area contributed by atoms with Gasteiger partial charge in [0, 0.05) is 11.3 Å². The molecule has 1 heterocycles. The molecule has 0 spiro atoms. The minimum atomic E-state index is -0.383. The van der Waals surface area contributed by atoms with Crippen molar-refractivity contribution >= 4 is 16.9 Å². The molecule has 0 aliphatic heterocycles. The van der Waals surface area contributed by atoms with Crippen LogP contribution in [0.1, 0.15) is 48.2 Å². The van der Waals surface area contributed by atoms with E-state index < -0.39 is 0 Å². The first-order valence-electron chi connectivity index (χ1n) is 7.77. The Hall–Kier alpha value is -2.34. The molecule has 3 nitrogen and oxygen atoms in total. The fourth-order valence-corrected chi connectivity index (χ4v) is 2.89. The Balaban J connectivity index is 2.02. The second-order valence-corrected chi connectivity index (χ2v) is 5.67. The molecule has 1 saturated carbocycles. The topological polar surface area (TPSA) is 39.2 Å². The number of methoxy groups -OCH3 is 1. The van der Waals surface area contributed by atoms with Crippen LogP contribution in [0.25, 0.3) is 10.9 Å². The molecule has 1 aromatic carbocycles. The SMILES string of the molecule is COC(=O)c1cc2ccccc2nc1C#CC1CCCCC1. The number of hydrogen-bond acceptors (Lipinski definition) is 3. The highest BCUT2D eigenvalue weighted by Crippen LogP contribution is 2.23. The second kappa shape index (κ2) is 6.62. The molecule has 2 aromatic rings. The van der Waals surface area contributed by atoms with Gasteiger partial charge < -0.3 is 4.74 Å². The maximum absolute atomic E-state index is 12.0. The molecule has 1 fully saturated rings. The van der Waals surface area contributed by atoms with Crippen molar-refractivity contribution in [3.63, 3.8) is 0 Å². The molecule has 1 aliphatic carbocycles. The maximum atomic E-state index is 12.0. The van der Waals surface area contributed by atoms with Crippen molar-refractivity contribution in [3.8, 4) is 11.8 Å². The van der Waals surface area contributed by atoms with Gasteiger partial charge in [-0.1, -0.05) is 43.4 Å². The van der Waals surface area contributed by atoms with Crippen LogP contribution in [0.2, 0.25) is 0 Å². The third kappa shape index (κ3) is 3.12. The summed E-state index contributed by atoms with van der Waals surface area (Å²) in [6.45, 7) is 0. The summed E-state index contributed by atoms with van der Waals surface area (Å²) in [4.78, 5) is 16.6. The van der Waals surface area contributed by atoms with Gasteiger partial charge in [0.25, 0.3) is 0 Å². The van der Waals surface area contributed by atoms with E-state index in [9.17, 15) is 4.79 Å². The fraction of sp³-hybridized carbons (Fsp3) is 0.368. The van der Waals surface area contributed by atoms with E-state index in [4.69, 9.17) is 4.74 Å². The number of nitrogens with zero attached hydrogens (tertiary/aromatic N) is 1. The van der Waals surface area contributed by atoms with Crippen LogP contribution in [0.4, 0.5) is 0 Å². The van der Waals surface area contributed by atoms with E-state index in [-0.39, 0.29) is 5.97 Å². The average Bonchev–Trinajstić information content (AvgIpc) is 2.59. The molecular formula is C19H19NO2. The molecule has 0 N–H and O–H groups in total. The summed E-state index contributed by atoms with van der Waals surface area (Å²) in [5.41, 5.74) is 1.82. The zero-order valence-electron chi connectivity index (χ0n) is 12.8. The van der Waals surface area contributed by atoms with Gasteiger partial charge >= 0.3 is 5.97 Å². The largest absolute Gasteiger partial charge is 0.465 e. The molecule has 0 unspecified atom stereocenters. The van der Waals surface area contributed by atoms with Crippen molar-refractivity contribution in [2.75, 3.05) is 7.11 Å². The number of para-hydroxylation sites is 1. The summed E-state index contributed by atoms with van der Waals surface area (Å²) in [5.74, 6) is 6.47. The molecule has 3 rings (SSSR count). The van der Waals surface area contributed by atoms with Gasteiger partial charge in [-0.3, -0.25) is 0 Å². The fourth-order valence-electron chi connectivity index (χ4n) is 2.89. The van der Waals surface area contributed by atoms with Gasteiger partial charge in [0.2, 0.25) is 0 Å². The number of ether oxygens (including phenoxy) is 1. The lowest BCUT2D eigenvalue weighted by Gasteiger charge is -2.15. The van der Waals surface area contributed by atoms with E-state index in [0.29, 0.717) is 17.2 Å². The van der Waals surface area contributed by atoms with Crippen molar-refractivity contribution in [2.24, 2.45) is 5.92 Å². The van der Waals surface area contributed by atoms with Gasteiger partial charge in [0.1, 0.15) is 5.69 Å². The molecule has 0 saturated heterocycles. The number of hydrogen-bond donors (Lipinski definition) is 0. The van der Waals surface area contributed by atoms with Gasteiger partial charge in [0.05, 0.1) is 18.2 Å². The van der Waals surface area contributed by atoms with Gasteiger partial charge in [-0.05, 0) is 30.9 Å². The van der Waals surface area contributed by atoms with Crippen molar-refractivity contribution < 1.29 is 9.53 Å². The summed E-state index contributed by atoms with van der Waals surface area (Å²) in [5, 5.41) is 0.922. The first-order chi connectivity index (χ1) is 10.8. The number of aromatic nitrogens is 1. The van der Waals surface area contributed by atoms with E-state index in [0.717, 1.165) is 23.7 Å². The van der Waals surface area contributed by atoms with Crippen LogP contribution in [-0.4, -0.2) is 18.1 Å². The van der Waals surface area contributed by atoms with Gasteiger partial charge in [-0.15, -0.1) is 0 Å². The van der Waals surface area contributed by atoms with Gasteiger partial charge in [-0.25, -0.2) is 9.78 Å². The summed E-state index contributed by atoms with van der Waals surface area (Å²) < 4.78 is 4.87. The first kappa shape index (κ1) is 14.6. The maximum Gasteiger partial charge on any atom is 0.340 e. The van der Waals surface area contributed by atoms with E-state index >= 15 is 0 Å². The van der Waals surface area contributed by atoms with E-state index in [2.05, 4.69) is 16.8 Å². The number of benzene rings is 1. The molecule has 1 aliphatic rings. The minimum absolute atomic E-state index is 0.383. The molecule has 0 atom stereocenters. The highest BCUT2D eigenvalue weighted by molar-refractivity contribution is 5.96. The quantitative estimate of drug-likeness (QED) is 0.590. The standard InChI is InChI=1S/C19H19NO2/c1-22-19(21)16-13-15-9-5-6-10-17(15)20-18(16)12-11-14-7-3-2-4-8-14/h5-6,9-10,13-14H,2-4,7-8H2,1H3. The molecule has 0 radical (unpaired) electrons. The number of rotatable bonds is 1. The summed E-state index contributed by atoms with van der Waals surface area (Å²) >= 11 is 0. The highest BCUT2D eigenvalue weighted by Gasteiger charge is 2.14. The number of fused-ring (bicyclic) bond motifs is 1. The van der Waals surface area contributed by atoms with Gasteiger partial charge in [-0.2, -0.15) is 0 Å². The van der Waals surface area contributed by atoms with Crippen LogP contribution in [0.3, 0.4) is 0 Å². The molecule has 0 amide bonds. The molecule has 112 valence electrons. The predicted molar refractivity (Wildman–Crippen MR) is 86.5 cm³/mol. The lowest BCUT2D eigenvalue weighted by atomic mass is 9.90. The molecular weight excluding hydrogens is 274 g/mol. The van der Waals surface area contributed by atoms with Crippen LogP contribution < -0.4 is 0 Å². The lowest BCUT2D eigenvalue weighted by Crippen LogP contribution is -2.07. The second-order valence-electron chi connectivity index (χ2n) is 5.67. The smallest absolute Gasteiger partial charge is 0.340 e. The highest BCUT2D eigenvalue weighted by atomic mass is 16.5. The monoisotopic (exact) mass is 293 g/mol. The van der Waals surface area contributed by atoms with Crippen LogP contribution in [0, 0.1) is 17.8 Å². The van der Waals surface area contributed by atoms with Crippen LogP contribution in [0.15, 0.2) is 30.3 Å². The van der Waals surface area contributed by atoms with Crippen LogP contribution >= 0.6 is 0 Å². The Morgan fingerprint density at radius 1 is 1.23 bits per heavy atom. The molecule has 1 aromatic heterocycles. The van der Waals surface area contributed by atoms with Crippen molar-refractivity contribution in [1.82, 2.24) is 4.98 Å². The normalized spacial score (nSPS) is 15.1. The number of pyridine rings is 1. The van der Waals surface area contributed by atoms with E-state index in [1.165, 1.54) is 26.4 Å². The third-order valence-electron chi connectivity index (χ3n) is 4.13. The number of esters is 1. The first-order valence-corrected chi connectivity index (χ1v) is 7.77. The Labute approximate surface area is 130 Å². The molecule has 0 bridgehead atoms. The Morgan fingerprint density at radius 2 is 2.00 bits per heavy atom. The Bertz CT molecular complexity index is 749. The zero-order chi connectivity index (χ0) is 15.4. The van der Waals surface area contributed by atoms with Crippen LogP contribution in [-0.2, 0) is 4.74 Å². The third-order valence-corrected chi connectivity index (χ3v) is 4.13. The summed E-state index contributed by atoms with van der Waals surface area (Å²) in [7, 11) is 1.38. The number of carbonyl (C=O) groups is 1.